The Kier molecular flexibility index (Phi) is 3.92. The van der Waals surface area contributed by atoms with E-state index in [0.29, 0.717) is 12.2 Å². The molecule has 0 bridgehead atoms. The quantitative estimate of drug-likeness (QED) is 0.785. The molecule has 0 spiro atoms. The molecule has 3 rings (SSSR count). The zero-order chi connectivity index (χ0) is 16.4. The molecule has 0 aliphatic rings. The van der Waals surface area contributed by atoms with Gasteiger partial charge in [-0.1, -0.05) is 6.07 Å². The van der Waals surface area contributed by atoms with Crippen molar-refractivity contribution in [3.05, 3.63) is 64.5 Å². The summed E-state index contributed by atoms with van der Waals surface area (Å²) in [4.78, 5) is 28.7. The summed E-state index contributed by atoms with van der Waals surface area (Å²) in [5, 5.41) is 6.97. The molecule has 0 unspecified atom stereocenters. The molecule has 3 aromatic rings. The Hall–Kier alpha value is -2.96. The predicted octanol–water partition coefficient (Wildman–Crippen LogP) is 1.19. The third-order valence-corrected chi connectivity index (χ3v) is 3.60. The Morgan fingerprint density at radius 1 is 1.35 bits per heavy atom. The number of pyridine rings is 1. The fourth-order valence-corrected chi connectivity index (χ4v) is 2.29. The third kappa shape index (κ3) is 2.98. The van der Waals surface area contributed by atoms with Gasteiger partial charge in [-0.2, -0.15) is 5.10 Å². The first-order valence-electron chi connectivity index (χ1n) is 7.31. The topological polar surface area (TPSA) is 81.3 Å². The Balaban J connectivity index is 1.76. The van der Waals surface area contributed by atoms with Crippen LogP contribution in [-0.2, 0) is 0 Å². The van der Waals surface area contributed by atoms with Crippen LogP contribution >= 0.6 is 0 Å². The number of amides is 1. The summed E-state index contributed by atoms with van der Waals surface area (Å²) in [5.41, 5.74) is 1.21. The van der Waals surface area contributed by atoms with Crippen LogP contribution in [0.25, 0.3) is 5.65 Å². The van der Waals surface area contributed by atoms with Crippen LogP contribution in [0.15, 0.2) is 47.8 Å². The zero-order valence-corrected chi connectivity index (χ0v) is 12.9. The molecule has 0 aliphatic carbocycles. The highest BCUT2D eigenvalue weighted by Gasteiger charge is 2.14. The van der Waals surface area contributed by atoms with Gasteiger partial charge in [-0.3, -0.25) is 18.7 Å². The van der Waals surface area contributed by atoms with Crippen molar-refractivity contribution in [1.29, 1.82) is 0 Å². The minimum absolute atomic E-state index is 0.0104. The van der Waals surface area contributed by atoms with E-state index in [-0.39, 0.29) is 17.2 Å². The van der Waals surface area contributed by atoms with Crippen molar-refractivity contribution < 1.29 is 4.79 Å². The second-order valence-corrected chi connectivity index (χ2v) is 5.46. The minimum atomic E-state index is -0.434. The van der Waals surface area contributed by atoms with Crippen molar-refractivity contribution in [1.82, 2.24) is 24.5 Å². The van der Waals surface area contributed by atoms with Gasteiger partial charge in [0.25, 0.3) is 11.5 Å². The lowest BCUT2D eigenvalue weighted by molar-refractivity contribution is 0.0946. The van der Waals surface area contributed by atoms with Crippen molar-refractivity contribution in [3.63, 3.8) is 0 Å². The summed E-state index contributed by atoms with van der Waals surface area (Å²) >= 11 is 0. The number of aromatic nitrogens is 4. The third-order valence-electron chi connectivity index (χ3n) is 3.60. The van der Waals surface area contributed by atoms with Crippen LogP contribution in [0.3, 0.4) is 0 Å². The number of fused-ring (bicyclic) bond motifs is 1. The normalized spacial score (nSPS) is 12.3. The molecule has 0 aromatic carbocycles. The zero-order valence-electron chi connectivity index (χ0n) is 12.9. The standard InChI is InChI=1S/C16H17N5O2/c1-11-7-19-21(10-11)12(2)8-18-15(22)13-9-17-14-5-3-4-6-20(14)16(13)23/h3-7,9-10,12H,8H2,1-2H3,(H,18,22)/t12-/m1/s1. The first-order chi connectivity index (χ1) is 11.1. The first-order valence-corrected chi connectivity index (χ1v) is 7.31. The number of carbonyl (C=O) groups is 1. The SMILES string of the molecule is Cc1cnn([C@H](C)CNC(=O)c2cnc3ccccn3c2=O)c1. The van der Waals surface area contributed by atoms with Crippen molar-refractivity contribution in [2.75, 3.05) is 6.54 Å². The number of carbonyl (C=O) groups excluding carboxylic acids is 1. The Bertz CT molecular complexity index is 912. The van der Waals surface area contributed by atoms with Crippen LogP contribution < -0.4 is 10.9 Å². The monoisotopic (exact) mass is 311 g/mol. The van der Waals surface area contributed by atoms with Gasteiger partial charge >= 0.3 is 0 Å². The largest absolute Gasteiger partial charge is 0.350 e. The molecule has 0 aliphatic heterocycles. The van der Waals surface area contributed by atoms with E-state index in [1.807, 2.05) is 20.0 Å². The van der Waals surface area contributed by atoms with E-state index in [0.717, 1.165) is 5.56 Å². The van der Waals surface area contributed by atoms with E-state index in [1.165, 1.54) is 10.6 Å². The molecule has 1 atom stereocenters. The minimum Gasteiger partial charge on any atom is -0.350 e. The summed E-state index contributed by atoms with van der Waals surface area (Å²) in [6.45, 7) is 4.27. The number of hydrogen-bond donors (Lipinski definition) is 1. The predicted molar refractivity (Wildman–Crippen MR) is 85.5 cm³/mol. The lowest BCUT2D eigenvalue weighted by atomic mass is 10.2. The molecule has 0 radical (unpaired) electrons. The summed E-state index contributed by atoms with van der Waals surface area (Å²) < 4.78 is 3.14. The highest BCUT2D eigenvalue weighted by Crippen LogP contribution is 2.05. The van der Waals surface area contributed by atoms with Crippen LogP contribution in [0.4, 0.5) is 0 Å². The van der Waals surface area contributed by atoms with Gasteiger partial charge in [-0.05, 0) is 31.5 Å². The second kappa shape index (κ2) is 6.04. The highest BCUT2D eigenvalue weighted by molar-refractivity contribution is 5.93. The van der Waals surface area contributed by atoms with Crippen LogP contribution in [0.1, 0.15) is 28.9 Å². The molecule has 0 saturated carbocycles. The average molecular weight is 311 g/mol. The van der Waals surface area contributed by atoms with Gasteiger partial charge in [-0.15, -0.1) is 0 Å². The summed E-state index contributed by atoms with van der Waals surface area (Å²) in [7, 11) is 0. The molecule has 0 fully saturated rings. The van der Waals surface area contributed by atoms with Crippen molar-refractivity contribution in [3.8, 4) is 0 Å². The van der Waals surface area contributed by atoms with Gasteiger partial charge < -0.3 is 5.32 Å². The maximum absolute atomic E-state index is 12.3. The number of nitrogens with one attached hydrogen (secondary N) is 1. The molecule has 3 aromatic heterocycles. The molecule has 3 heterocycles. The first kappa shape index (κ1) is 15.0. The van der Waals surface area contributed by atoms with E-state index >= 15 is 0 Å². The van der Waals surface area contributed by atoms with E-state index in [2.05, 4.69) is 15.4 Å². The van der Waals surface area contributed by atoms with Gasteiger partial charge in [-0.25, -0.2) is 4.98 Å². The van der Waals surface area contributed by atoms with Crippen LogP contribution in [0.5, 0.6) is 0 Å². The van der Waals surface area contributed by atoms with Gasteiger partial charge in [0.2, 0.25) is 0 Å². The van der Waals surface area contributed by atoms with E-state index in [4.69, 9.17) is 0 Å². The fraction of sp³-hybridized carbons (Fsp3) is 0.250. The van der Waals surface area contributed by atoms with E-state index < -0.39 is 5.91 Å². The number of nitrogens with zero attached hydrogens (tertiary/aromatic N) is 4. The lowest BCUT2D eigenvalue weighted by Crippen LogP contribution is -2.34. The van der Waals surface area contributed by atoms with Gasteiger partial charge in [0.1, 0.15) is 11.2 Å². The summed E-state index contributed by atoms with van der Waals surface area (Å²) in [6, 6.07) is 5.21. The average Bonchev–Trinajstić information content (AvgIpc) is 2.99. The second-order valence-electron chi connectivity index (χ2n) is 5.46. The summed E-state index contributed by atoms with van der Waals surface area (Å²) in [6.07, 6.45) is 6.58. The number of hydrogen-bond acceptors (Lipinski definition) is 4. The molecule has 1 amide bonds. The molecular formula is C16H17N5O2. The Labute approximate surface area is 132 Å². The Morgan fingerprint density at radius 2 is 2.17 bits per heavy atom. The highest BCUT2D eigenvalue weighted by atomic mass is 16.2. The van der Waals surface area contributed by atoms with Crippen molar-refractivity contribution in [2.24, 2.45) is 0 Å². The molecule has 1 N–H and O–H groups in total. The van der Waals surface area contributed by atoms with Crippen molar-refractivity contribution in [2.45, 2.75) is 19.9 Å². The fourth-order valence-electron chi connectivity index (χ4n) is 2.29. The Morgan fingerprint density at radius 3 is 2.91 bits per heavy atom. The number of rotatable bonds is 4. The van der Waals surface area contributed by atoms with E-state index in [1.54, 1.807) is 35.3 Å². The van der Waals surface area contributed by atoms with Gasteiger partial charge in [0.15, 0.2) is 0 Å². The molecule has 7 heteroatoms. The van der Waals surface area contributed by atoms with Crippen molar-refractivity contribution >= 4 is 11.6 Å². The maximum Gasteiger partial charge on any atom is 0.270 e. The molecule has 7 nitrogen and oxygen atoms in total. The number of aryl methyl sites for hydroxylation is 1. The van der Waals surface area contributed by atoms with Crippen LogP contribution in [0, 0.1) is 6.92 Å². The van der Waals surface area contributed by atoms with Gasteiger partial charge in [0.05, 0.1) is 12.2 Å². The maximum atomic E-state index is 12.3. The van der Waals surface area contributed by atoms with E-state index in [9.17, 15) is 9.59 Å². The molecule has 0 saturated heterocycles. The smallest absolute Gasteiger partial charge is 0.270 e. The van der Waals surface area contributed by atoms with Crippen LogP contribution in [-0.4, -0.2) is 31.6 Å². The summed E-state index contributed by atoms with van der Waals surface area (Å²) in [5.74, 6) is -0.434. The van der Waals surface area contributed by atoms with Crippen LogP contribution in [0.2, 0.25) is 0 Å². The van der Waals surface area contributed by atoms with Gasteiger partial charge in [0, 0.05) is 25.1 Å². The molecular weight excluding hydrogens is 294 g/mol. The molecule has 118 valence electrons. The molecule has 23 heavy (non-hydrogen) atoms. The lowest BCUT2D eigenvalue weighted by Gasteiger charge is -2.13.